The molecule has 2 aromatic carbocycles. The van der Waals surface area contributed by atoms with Gasteiger partial charge in [-0.2, -0.15) is 13.7 Å². The summed E-state index contributed by atoms with van der Waals surface area (Å²) in [6.07, 6.45) is 0.548. The lowest BCUT2D eigenvalue weighted by Crippen LogP contribution is -2.11. The lowest BCUT2D eigenvalue weighted by Gasteiger charge is -2.07. The Morgan fingerprint density at radius 3 is 2.36 bits per heavy atom. The first kappa shape index (κ1) is 16.0. The van der Waals surface area contributed by atoms with Gasteiger partial charge in [0, 0.05) is 12.2 Å². The maximum Gasteiger partial charge on any atom is 0.296 e. The van der Waals surface area contributed by atoms with Crippen LogP contribution in [0.3, 0.4) is 0 Å². The van der Waals surface area contributed by atoms with Crippen LogP contribution in [0.2, 0.25) is 0 Å². The topological polar surface area (TPSA) is 79.2 Å². The molecule has 2 rings (SSSR count). The maximum absolute atomic E-state index is 11.9. The van der Waals surface area contributed by atoms with E-state index < -0.39 is 10.1 Å². The molecule has 0 radical (unpaired) electrons. The Balaban J connectivity index is 1.74. The monoisotopic (exact) mass is 316 g/mol. The van der Waals surface area contributed by atoms with Gasteiger partial charge in [-0.1, -0.05) is 18.2 Å². The number of nitrogens with zero attached hydrogens (tertiary/aromatic N) is 1. The van der Waals surface area contributed by atoms with Crippen LogP contribution in [0.25, 0.3) is 0 Å². The van der Waals surface area contributed by atoms with Gasteiger partial charge in [-0.05, 0) is 42.8 Å². The van der Waals surface area contributed by atoms with E-state index in [1.165, 1.54) is 12.1 Å². The van der Waals surface area contributed by atoms with Crippen LogP contribution >= 0.6 is 0 Å². The summed E-state index contributed by atoms with van der Waals surface area (Å²) in [6, 6.07) is 17.2. The molecule has 0 aliphatic heterocycles. The quantitative estimate of drug-likeness (QED) is 0.627. The van der Waals surface area contributed by atoms with Crippen molar-refractivity contribution in [2.24, 2.45) is 0 Å². The van der Waals surface area contributed by atoms with Gasteiger partial charge in [-0.3, -0.25) is 4.18 Å². The largest absolute Gasteiger partial charge is 0.385 e. The van der Waals surface area contributed by atoms with Gasteiger partial charge in [0.25, 0.3) is 10.1 Å². The highest BCUT2D eigenvalue weighted by Gasteiger charge is 2.13. The van der Waals surface area contributed by atoms with E-state index in [0.29, 0.717) is 18.5 Å². The van der Waals surface area contributed by atoms with E-state index in [0.717, 1.165) is 5.69 Å². The van der Waals surface area contributed by atoms with Gasteiger partial charge >= 0.3 is 0 Å². The predicted octanol–water partition coefficient (Wildman–Crippen LogP) is 2.77. The van der Waals surface area contributed by atoms with Crippen molar-refractivity contribution < 1.29 is 12.6 Å². The molecule has 0 aromatic heterocycles. The van der Waals surface area contributed by atoms with E-state index in [9.17, 15) is 8.42 Å². The standard InChI is InChI=1S/C16H16N2O3S/c17-13-14-7-9-15(10-8-14)18-11-4-12-21-22(19,20)16-5-2-1-3-6-16/h1-3,5-10,18H,4,11-12H2. The Bertz CT molecular complexity index is 735. The van der Waals surface area contributed by atoms with Crippen LogP contribution in [0.15, 0.2) is 59.5 Å². The zero-order valence-electron chi connectivity index (χ0n) is 11.9. The summed E-state index contributed by atoms with van der Waals surface area (Å²) in [5.74, 6) is 0. The van der Waals surface area contributed by atoms with E-state index in [4.69, 9.17) is 9.44 Å². The average molecular weight is 316 g/mol. The van der Waals surface area contributed by atoms with E-state index in [1.54, 1.807) is 42.5 Å². The van der Waals surface area contributed by atoms with Gasteiger partial charge in [0.05, 0.1) is 23.1 Å². The van der Waals surface area contributed by atoms with Crippen molar-refractivity contribution in [3.63, 3.8) is 0 Å². The molecule has 0 spiro atoms. The van der Waals surface area contributed by atoms with E-state index in [-0.39, 0.29) is 11.5 Å². The van der Waals surface area contributed by atoms with Crippen LogP contribution in [-0.4, -0.2) is 21.6 Å². The summed E-state index contributed by atoms with van der Waals surface area (Å²) >= 11 is 0. The molecule has 0 unspecified atom stereocenters. The first-order valence-corrected chi connectivity index (χ1v) is 8.21. The SMILES string of the molecule is N#Cc1ccc(NCCCOS(=O)(=O)c2ccccc2)cc1. The van der Waals surface area contributed by atoms with Crippen LogP contribution in [0.5, 0.6) is 0 Å². The molecule has 114 valence electrons. The minimum atomic E-state index is -3.68. The average Bonchev–Trinajstić information content (AvgIpc) is 2.56. The number of rotatable bonds is 7. The van der Waals surface area contributed by atoms with Crippen molar-refractivity contribution in [3.05, 3.63) is 60.2 Å². The van der Waals surface area contributed by atoms with E-state index in [2.05, 4.69) is 5.32 Å². The fourth-order valence-corrected chi connectivity index (χ4v) is 2.76. The van der Waals surface area contributed by atoms with Crippen LogP contribution in [-0.2, 0) is 14.3 Å². The first-order chi connectivity index (χ1) is 10.6. The van der Waals surface area contributed by atoms with Gasteiger partial charge in [0.15, 0.2) is 0 Å². The van der Waals surface area contributed by atoms with Gasteiger partial charge in [-0.15, -0.1) is 0 Å². The van der Waals surface area contributed by atoms with Crippen molar-refractivity contribution in [1.82, 2.24) is 0 Å². The Labute approximate surface area is 130 Å². The lowest BCUT2D eigenvalue weighted by molar-refractivity contribution is 0.316. The van der Waals surface area contributed by atoms with Crippen LogP contribution < -0.4 is 5.32 Å². The highest BCUT2D eigenvalue weighted by Crippen LogP contribution is 2.12. The molecule has 2 aromatic rings. The molecule has 5 nitrogen and oxygen atoms in total. The Kier molecular flexibility index (Phi) is 5.53. The maximum atomic E-state index is 11.9. The third-order valence-electron chi connectivity index (χ3n) is 2.93. The number of anilines is 1. The van der Waals surface area contributed by atoms with Crippen molar-refractivity contribution in [2.75, 3.05) is 18.5 Å². The third kappa shape index (κ3) is 4.58. The zero-order chi connectivity index (χ0) is 15.8. The fourth-order valence-electron chi connectivity index (χ4n) is 1.79. The smallest absolute Gasteiger partial charge is 0.296 e. The number of benzene rings is 2. The van der Waals surface area contributed by atoms with Crippen molar-refractivity contribution in [1.29, 1.82) is 5.26 Å². The molecule has 0 saturated heterocycles. The number of hydrogen-bond donors (Lipinski definition) is 1. The molecule has 0 fully saturated rings. The second kappa shape index (κ2) is 7.59. The van der Waals surface area contributed by atoms with Crippen molar-refractivity contribution >= 4 is 15.8 Å². The summed E-state index contributed by atoms with van der Waals surface area (Å²) in [7, 11) is -3.68. The summed E-state index contributed by atoms with van der Waals surface area (Å²) < 4.78 is 28.7. The number of hydrogen-bond acceptors (Lipinski definition) is 5. The molecule has 0 bridgehead atoms. The van der Waals surface area contributed by atoms with Crippen LogP contribution in [0.1, 0.15) is 12.0 Å². The normalized spacial score (nSPS) is 10.9. The number of nitrogens with one attached hydrogen (secondary N) is 1. The molecule has 0 heterocycles. The highest BCUT2D eigenvalue weighted by molar-refractivity contribution is 7.86. The summed E-state index contributed by atoms with van der Waals surface area (Å²) in [4.78, 5) is 0.162. The predicted molar refractivity (Wildman–Crippen MR) is 83.8 cm³/mol. The van der Waals surface area contributed by atoms with Gasteiger partial charge < -0.3 is 5.32 Å². The van der Waals surface area contributed by atoms with Crippen molar-refractivity contribution in [2.45, 2.75) is 11.3 Å². The fraction of sp³-hybridized carbons (Fsp3) is 0.188. The summed E-state index contributed by atoms with van der Waals surface area (Å²) in [6.45, 7) is 0.691. The highest BCUT2D eigenvalue weighted by atomic mass is 32.2. The van der Waals surface area contributed by atoms with Crippen LogP contribution in [0.4, 0.5) is 5.69 Å². The van der Waals surface area contributed by atoms with Crippen LogP contribution in [0, 0.1) is 11.3 Å². The molecule has 6 heteroatoms. The molecule has 0 amide bonds. The zero-order valence-corrected chi connectivity index (χ0v) is 12.7. The molecular formula is C16H16N2O3S. The second-order valence-corrected chi connectivity index (χ2v) is 6.17. The first-order valence-electron chi connectivity index (χ1n) is 6.80. The Morgan fingerprint density at radius 2 is 1.73 bits per heavy atom. The summed E-state index contributed by atoms with van der Waals surface area (Å²) in [5, 5.41) is 11.8. The molecule has 22 heavy (non-hydrogen) atoms. The molecule has 1 N–H and O–H groups in total. The molecule has 0 aliphatic carbocycles. The van der Waals surface area contributed by atoms with E-state index >= 15 is 0 Å². The molecular weight excluding hydrogens is 300 g/mol. The van der Waals surface area contributed by atoms with Gasteiger partial charge in [0.1, 0.15) is 0 Å². The van der Waals surface area contributed by atoms with Gasteiger partial charge in [-0.25, -0.2) is 0 Å². The third-order valence-corrected chi connectivity index (χ3v) is 4.26. The van der Waals surface area contributed by atoms with Gasteiger partial charge in [0.2, 0.25) is 0 Å². The minimum absolute atomic E-state index is 0.112. The lowest BCUT2D eigenvalue weighted by atomic mass is 10.2. The molecule has 0 atom stereocenters. The Hall–Kier alpha value is -2.36. The van der Waals surface area contributed by atoms with Crippen molar-refractivity contribution in [3.8, 4) is 6.07 Å². The molecule has 0 aliphatic rings. The Morgan fingerprint density at radius 1 is 1.05 bits per heavy atom. The minimum Gasteiger partial charge on any atom is -0.385 e. The summed E-state index contributed by atoms with van der Waals surface area (Å²) in [5.41, 5.74) is 1.48. The second-order valence-electron chi connectivity index (χ2n) is 4.56. The number of nitriles is 1. The van der Waals surface area contributed by atoms with E-state index in [1.807, 2.05) is 6.07 Å². The molecule has 0 saturated carbocycles.